The SMILES string of the molecule is CN(Cc1ccccc1)C(=O)CNCc1ccco1. The summed E-state index contributed by atoms with van der Waals surface area (Å²) in [5, 5.41) is 3.07. The molecule has 4 nitrogen and oxygen atoms in total. The van der Waals surface area contributed by atoms with Crippen molar-refractivity contribution in [2.24, 2.45) is 0 Å². The van der Waals surface area contributed by atoms with Crippen LogP contribution in [0.5, 0.6) is 0 Å². The molecule has 0 aliphatic carbocycles. The molecular weight excluding hydrogens is 240 g/mol. The third-order valence-electron chi connectivity index (χ3n) is 2.84. The van der Waals surface area contributed by atoms with Gasteiger partial charge in [0.2, 0.25) is 5.91 Å². The number of benzene rings is 1. The number of hydrogen-bond acceptors (Lipinski definition) is 3. The van der Waals surface area contributed by atoms with Crippen LogP contribution in [0.25, 0.3) is 0 Å². The minimum atomic E-state index is 0.0652. The van der Waals surface area contributed by atoms with Crippen LogP contribution in [0, 0.1) is 0 Å². The second-order valence-corrected chi connectivity index (χ2v) is 4.42. The lowest BCUT2D eigenvalue weighted by atomic mass is 10.2. The third kappa shape index (κ3) is 4.26. The Labute approximate surface area is 113 Å². The summed E-state index contributed by atoms with van der Waals surface area (Å²) in [4.78, 5) is 13.6. The van der Waals surface area contributed by atoms with Crippen LogP contribution < -0.4 is 5.32 Å². The zero-order valence-electron chi connectivity index (χ0n) is 11.0. The van der Waals surface area contributed by atoms with Crippen molar-refractivity contribution in [3.05, 3.63) is 60.1 Å². The van der Waals surface area contributed by atoms with Gasteiger partial charge in [0.05, 0.1) is 19.4 Å². The number of amides is 1. The largest absolute Gasteiger partial charge is 0.468 e. The van der Waals surface area contributed by atoms with E-state index in [0.29, 0.717) is 19.6 Å². The topological polar surface area (TPSA) is 45.5 Å². The lowest BCUT2D eigenvalue weighted by Gasteiger charge is -2.17. The maximum absolute atomic E-state index is 11.9. The van der Waals surface area contributed by atoms with E-state index >= 15 is 0 Å². The molecule has 0 bridgehead atoms. The van der Waals surface area contributed by atoms with Crippen LogP contribution in [0.2, 0.25) is 0 Å². The van der Waals surface area contributed by atoms with Crippen molar-refractivity contribution in [1.29, 1.82) is 0 Å². The maximum atomic E-state index is 11.9. The number of likely N-dealkylation sites (N-methyl/N-ethyl adjacent to an activating group) is 1. The van der Waals surface area contributed by atoms with Crippen LogP contribution in [-0.2, 0) is 17.9 Å². The van der Waals surface area contributed by atoms with E-state index in [-0.39, 0.29) is 5.91 Å². The van der Waals surface area contributed by atoms with Gasteiger partial charge in [-0.15, -0.1) is 0 Å². The summed E-state index contributed by atoms with van der Waals surface area (Å²) in [6, 6.07) is 13.7. The van der Waals surface area contributed by atoms with E-state index in [2.05, 4.69) is 5.32 Å². The summed E-state index contributed by atoms with van der Waals surface area (Å²) in [6.07, 6.45) is 1.63. The van der Waals surface area contributed by atoms with Gasteiger partial charge in [-0.3, -0.25) is 4.79 Å². The van der Waals surface area contributed by atoms with Crippen molar-refractivity contribution >= 4 is 5.91 Å². The Bertz CT molecular complexity index is 494. The first-order chi connectivity index (χ1) is 9.25. The molecule has 0 aliphatic heterocycles. The Kier molecular flexibility index (Phi) is 4.75. The summed E-state index contributed by atoms with van der Waals surface area (Å²) >= 11 is 0. The normalized spacial score (nSPS) is 10.4. The van der Waals surface area contributed by atoms with Gasteiger partial charge in [0, 0.05) is 13.6 Å². The fourth-order valence-electron chi connectivity index (χ4n) is 1.79. The molecule has 4 heteroatoms. The second kappa shape index (κ2) is 6.75. The standard InChI is InChI=1S/C15H18N2O2/c1-17(12-13-6-3-2-4-7-13)15(18)11-16-10-14-8-5-9-19-14/h2-9,16H,10-12H2,1H3. The van der Waals surface area contributed by atoms with E-state index < -0.39 is 0 Å². The number of hydrogen-bond donors (Lipinski definition) is 1. The minimum absolute atomic E-state index is 0.0652. The van der Waals surface area contributed by atoms with Crippen LogP contribution in [0.3, 0.4) is 0 Å². The molecule has 1 aromatic carbocycles. The molecule has 0 unspecified atom stereocenters. The average molecular weight is 258 g/mol. The first-order valence-corrected chi connectivity index (χ1v) is 6.26. The number of furan rings is 1. The molecule has 0 radical (unpaired) electrons. The molecule has 1 aromatic heterocycles. The van der Waals surface area contributed by atoms with Gasteiger partial charge in [-0.25, -0.2) is 0 Å². The Hall–Kier alpha value is -2.07. The lowest BCUT2D eigenvalue weighted by Crippen LogP contribution is -2.34. The van der Waals surface area contributed by atoms with E-state index in [9.17, 15) is 4.79 Å². The molecule has 1 amide bonds. The number of carbonyl (C=O) groups is 1. The van der Waals surface area contributed by atoms with E-state index in [0.717, 1.165) is 11.3 Å². The highest BCUT2D eigenvalue weighted by atomic mass is 16.3. The van der Waals surface area contributed by atoms with Crippen molar-refractivity contribution < 1.29 is 9.21 Å². The lowest BCUT2D eigenvalue weighted by molar-refractivity contribution is -0.129. The second-order valence-electron chi connectivity index (χ2n) is 4.42. The Balaban J connectivity index is 1.73. The fraction of sp³-hybridized carbons (Fsp3) is 0.267. The Morgan fingerprint density at radius 3 is 2.68 bits per heavy atom. The molecule has 0 aliphatic rings. The monoisotopic (exact) mass is 258 g/mol. The van der Waals surface area contributed by atoms with Gasteiger partial charge in [0.15, 0.2) is 0 Å². The number of nitrogens with zero attached hydrogens (tertiary/aromatic N) is 1. The van der Waals surface area contributed by atoms with Crippen LogP contribution in [-0.4, -0.2) is 24.4 Å². The van der Waals surface area contributed by atoms with Gasteiger partial charge in [0.1, 0.15) is 5.76 Å². The molecular formula is C15H18N2O2. The molecule has 2 aromatic rings. The van der Waals surface area contributed by atoms with Crippen molar-refractivity contribution in [2.45, 2.75) is 13.1 Å². The summed E-state index contributed by atoms with van der Waals surface area (Å²) in [5.41, 5.74) is 1.13. The summed E-state index contributed by atoms with van der Waals surface area (Å²) in [6.45, 7) is 1.50. The summed E-state index contributed by atoms with van der Waals surface area (Å²) in [7, 11) is 1.81. The Morgan fingerprint density at radius 1 is 1.21 bits per heavy atom. The van der Waals surface area contributed by atoms with Gasteiger partial charge in [-0.1, -0.05) is 30.3 Å². The Morgan fingerprint density at radius 2 is 2.00 bits per heavy atom. The molecule has 19 heavy (non-hydrogen) atoms. The molecule has 0 saturated heterocycles. The highest BCUT2D eigenvalue weighted by Gasteiger charge is 2.08. The van der Waals surface area contributed by atoms with Gasteiger partial charge >= 0.3 is 0 Å². The molecule has 1 N–H and O–H groups in total. The quantitative estimate of drug-likeness (QED) is 0.862. The predicted molar refractivity (Wildman–Crippen MR) is 73.3 cm³/mol. The van der Waals surface area contributed by atoms with Crippen molar-refractivity contribution in [1.82, 2.24) is 10.2 Å². The van der Waals surface area contributed by atoms with Crippen molar-refractivity contribution in [2.75, 3.05) is 13.6 Å². The molecule has 100 valence electrons. The van der Waals surface area contributed by atoms with Crippen LogP contribution in [0.4, 0.5) is 0 Å². The molecule has 1 heterocycles. The average Bonchev–Trinajstić information content (AvgIpc) is 2.93. The zero-order valence-corrected chi connectivity index (χ0v) is 11.0. The number of nitrogens with one attached hydrogen (secondary N) is 1. The molecule has 0 saturated carbocycles. The van der Waals surface area contributed by atoms with Crippen molar-refractivity contribution in [3.63, 3.8) is 0 Å². The van der Waals surface area contributed by atoms with Gasteiger partial charge < -0.3 is 14.6 Å². The first-order valence-electron chi connectivity index (χ1n) is 6.26. The summed E-state index contributed by atoms with van der Waals surface area (Å²) in [5.74, 6) is 0.897. The van der Waals surface area contributed by atoms with E-state index in [1.807, 2.05) is 49.5 Å². The van der Waals surface area contributed by atoms with Crippen LogP contribution in [0.15, 0.2) is 53.1 Å². The number of carbonyl (C=O) groups excluding carboxylic acids is 1. The van der Waals surface area contributed by atoms with Gasteiger partial charge in [-0.2, -0.15) is 0 Å². The maximum Gasteiger partial charge on any atom is 0.236 e. The molecule has 2 rings (SSSR count). The van der Waals surface area contributed by atoms with E-state index in [4.69, 9.17) is 4.42 Å². The first kappa shape index (κ1) is 13.4. The molecule has 0 atom stereocenters. The molecule has 0 fully saturated rings. The predicted octanol–water partition coefficient (Wildman–Crippen LogP) is 2.03. The van der Waals surface area contributed by atoms with Gasteiger partial charge in [-0.05, 0) is 17.7 Å². The van der Waals surface area contributed by atoms with E-state index in [1.165, 1.54) is 0 Å². The van der Waals surface area contributed by atoms with Crippen molar-refractivity contribution in [3.8, 4) is 0 Å². The van der Waals surface area contributed by atoms with E-state index in [1.54, 1.807) is 11.2 Å². The fourth-order valence-corrected chi connectivity index (χ4v) is 1.79. The molecule has 0 spiro atoms. The highest BCUT2D eigenvalue weighted by molar-refractivity contribution is 5.77. The highest BCUT2D eigenvalue weighted by Crippen LogP contribution is 2.03. The minimum Gasteiger partial charge on any atom is -0.468 e. The van der Waals surface area contributed by atoms with Crippen LogP contribution in [0.1, 0.15) is 11.3 Å². The smallest absolute Gasteiger partial charge is 0.236 e. The van der Waals surface area contributed by atoms with Crippen LogP contribution >= 0.6 is 0 Å². The van der Waals surface area contributed by atoms with Gasteiger partial charge in [0.25, 0.3) is 0 Å². The zero-order chi connectivity index (χ0) is 13.5. The third-order valence-corrected chi connectivity index (χ3v) is 2.84. The number of rotatable bonds is 6. The summed E-state index contributed by atoms with van der Waals surface area (Å²) < 4.78 is 5.18.